The summed E-state index contributed by atoms with van der Waals surface area (Å²) in [6.07, 6.45) is 28.8. The van der Waals surface area contributed by atoms with Crippen LogP contribution in [0.5, 0.6) is 0 Å². The van der Waals surface area contributed by atoms with Crippen LogP contribution in [0.3, 0.4) is 0 Å². The molecule has 0 N–H and O–H groups in total. The molecule has 8 unspecified atom stereocenters. The number of allylic oxidation sites excluding steroid dienone is 4. The zero-order chi connectivity index (χ0) is 54.0. The van der Waals surface area contributed by atoms with Gasteiger partial charge in [0.1, 0.15) is 5.78 Å². The van der Waals surface area contributed by atoms with Gasteiger partial charge >= 0.3 is 0 Å². The highest BCUT2D eigenvalue weighted by molar-refractivity contribution is 5.90. The van der Waals surface area contributed by atoms with Gasteiger partial charge in [0.05, 0.1) is 0 Å². The third-order valence-electron chi connectivity index (χ3n) is 16.9. The van der Waals surface area contributed by atoms with Crippen molar-refractivity contribution in [2.75, 3.05) is 0 Å². The Morgan fingerprint density at radius 2 is 1.33 bits per heavy atom. The standard InChI is InChI=1S/C55H62.C7H12O.C6H10O.C5H10/c1-8-12-41(13-9-2)45(10-3)48-28-29-50(51-30-38(51)7)55-32-39(22-27-49(48)55)19-24-42-14-11-15-43-34-54-44(33-53(42)43)23-18-36(5)47(54)26-21-40-20-25-46-35(4)16-17-37(6)52(46)31-40;1-2-3-7(8)6-4-5-6;1-3-5-6(7)4-2;1-3-5-4-2/h11-12,14-15,20,22-23,25,27,31-38,45,48,50-51H,8-10,13,16-18,28-30H2,1-7H3;6H,2-5H2,1H3;4H,2-3,5H2,1H3;3H,1,4-5H2,2H3/b41-12-;;;. The zero-order valence-electron chi connectivity index (χ0n) is 48.3. The van der Waals surface area contributed by atoms with E-state index in [2.05, 4.69) is 178 Å². The number of benzene rings is 4. The SMILES string of the molecule is C=CC(=O)CCC.C=CCCC.CC/C=C(/CCC)C(CC)C1CCC(C2CC2C)c2cc(C#Cc3cccc4cc5c(cc34)=CCC(C)C=5C#Cc3ccc4c(c3)C(C)CCC4C)ccc21.CCCC(=O)C1CC1. The molecule has 2 heteroatoms. The first-order valence-corrected chi connectivity index (χ1v) is 29.9. The van der Waals surface area contributed by atoms with Crippen molar-refractivity contribution in [3.05, 3.63) is 153 Å². The van der Waals surface area contributed by atoms with Gasteiger partial charge in [-0.2, -0.15) is 0 Å². The third kappa shape index (κ3) is 15.8. The van der Waals surface area contributed by atoms with Gasteiger partial charge in [0.15, 0.2) is 5.78 Å². The monoisotopic (exact) mass is 1000 g/mol. The molecule has 4 aromatic rings. The summed E-state index contributed by atoms with van der Waals surface area (Å²) in [4.78, 5) is 21.1. The summed E-state index contributed by atoms with van der Waals surface area (Å²) in [6, 6.07) is 25.7. The van der Waals surface area contributed by atoms with Crippen LogP contribution in [0, 0.1) is 53.3 Å². The Bertz CT molecular complexity index is 2890. The Morgan fingerprint density at radius 3 is 1.92 bits per heavy atom. The van der Waals surface area contributed by atoms with E-state index in [1.54, 1.807) is 16.7 Å². The van der Waals surface area contributed by atoms with E-state index in [1.165, 1.54) is 115 Å². The highest BCUT2D eigenvalue weighted by atomic mass is 16.1. The highest BCUT2D eigenvalue weighted by Crippen LogP contribution is 2.56. The second-order valence-electron chi connectivity index (χ2n) is 22.9. The maximum atomic E-state index is 10.8. The first-order chi connectivity index (χ1) is 36.3. The molecule has 75 heavy (non-hydrogen) atoms. The molecule has 0 radical (unpaired) electrons. The fraction of sp³-hybridized carbons (Fsp3) is 0.507. The Hall–Kier alpha value is -5.44. The molecule has 5 aliphatic rings. The lowest BCUT2D eigenvalue weighted by Gasteiger charge is -2.37. The topological polar surface area (TPSA) is 34.1 Å². The second kappa shape index (κ2) is 29.2. The van der Waals surface area contributed by atoms with E-state index in [4.69, 9.17) is 0 Å². The van der Waals surface area contributed by atoms with Crippen molar-refractivity contribution in [1.82, 2.24) is 0 Å². The van der Waals surface area contributed by atoms with Crippen LogP contribution in [0.15, 0.2) is 104 Å². The zero-order valence-corrected chi connectivity index (χ0v) is 48.3. The van der Waals surface area contributed by atoms with Crippen molar-refractivity contribution in [1.29, 1.82) is 0 Å². The van der Waals surface area contributed by atoms with Crippen LogP contribution in [0.2, 0.25) is 0 Å². The Morgan fingerprint density at radius 1 is 0.667 bits per heavy atom. The molecule has 2 nitrogen and oxygen atoms in total. The molecule has 0 aromatic heterocycles. The molecule has 0 bridgehead atoms. The molecule has 0 saturated heterocycles. The Labute approximate surface area is 456 Å². The number of hydrogen-bond acceptors (Lipinski definition) is 2. The van der Waals surface area contributed by atoms with E-state index in [9.17, 15) is 9.59 Å². The van der Waals surface area contributed by atoms with Crippen molar-refractivity contribution in [2.24, 2.45) is 29.6 Å². The molecular formula is C73H94O2. The molecule has 0 aliphatic heterocycles. The summed E-state index contributed by atoms with van der Waals surface area (Å²) >= 11 is 0. The lowest BCUT2D eigenvalue weighted by Crippen LogP contribution is -2.32. The number of Topliss-reactive ketones (excluding diaryl/α,β-unsaturated/α-hetero) is 1. The number of carbonyl (C=O) groups is 2. The fourth-order valence-electron chi connectivity index (χ4n) is 12.3. The third-order valence-corrected chi connectivity index (χ3v) is 16.9. The maximum Gasteiger partial charge on any atom is 0.155 e. The van der Waals surface area contributed by atoms with Gasteiger partial charge in [-0.1, -0.05) is 160 Å². The first-order valence-electron chi connectivity index (χ1n) is 29.9. The quantitative estimate of drug-likeness (QED) is 0.0676. The molecular weight excluding hydrogens is 909 g/mol. The van der Waals surface area contributed by atoms with Gasteiger partial charge in [-0.05, 0) is 229 Å². The van der Waals surface area contributed by atoms with Gasteiger partial charge in [0.2, 0.25) is 0 Å². The van der Waals surface area contributed by atoms with Crippen molar-refractivity contribution in [2.45, 2.75) is 208 Å². The molecule has 398 valence electrons. The number of ketones is 2. The van der Waals surface area contributed by atoms with Gasteiger partial charge in [-0.15, -0.1) is 6.58 Å². The molecule has 0 heterocycles. The Balaban J connectivity index is 0.000000385. The van der Waals surface area contributed by atoms with Gasteiger partial charge in [-0.25, -0.2) is 0 Å². The molecule has 4 aromatic carbocycles. The minimum atomic E-state index is 0.141. The second-order valence-corrected chi connectivity index (χ2v) is 22.9. The number of unbranched alkanes of at least 4 members (excludes halogenated alkanes) is 1. The summed E-state index contributed by atoms with van der Waals surface area (Å²) in [6.45, 7) is 29.6. The smallest absolute Gasteiger partial charge is 0.155 e. The minimum absolute atomic E-state index is 0.141. The minimum Gasteiger partial charge on any atom is -0.299 e. The predicted molar refractivity (Wildman–Crippen MR) is 324 cm³/mol. The van der Waals surface area contributed by atoms with E-state index < -0.39 is 0 Å². The lowest BCUT2D eigenvalue weighted by molar-refractivity contribution is -0.120. The normalized spacial score (nSPS) is 22.3. The largest absolute Gasteiger partial charge is 0.299 e. The van der Waals surface area contributed by atoms with Gasteiger partial charge < -0.3 is 0 Å². The molecule has 8 atom stereocenters. The van der Waals surface area contributed by atoms with Crippen molar-refractivity contribution < 1.29 is 9.59 Å². The van der Waals surface area contributed by atoms with Crippen LogP contribution in [0.4, 0.5) is 0 Å². The Kier molecular flexibility index (Phi) is 22.9. The van der Waals surface area contributed by atoms with Crippen molar-refractivity contribution in [3.63, 3.8) is 0 Å². The van der Waals surface area contributed by atoms with E-state index in [0.29, 0.717) is 53.6 Å². The molecule has 0 amide bonds. The summed E-state index contributed by atoms with van der Waals surface area (Å²) in [7, 11) is 0. The fourth-order valence-corrected chi connectivity index (χ4v) is 12.3. The average molecular weight is 1000 g/mol. The van der Waals surface area contributed by atoms with E-state index in [1.807, 2.05) is 13.0 Å². The average Bonchev–Trinajstić information content (AvgIpc) is 4.37. The molecule has 2 saturated carbocycles. The lowest BCUT2D eigenvalue weighted by atomic mass is 9.67. The summed E-state index contributed by atoms with van der Waals surface area (Å²) in [5.41, 5.74) is 12.6. The predicted octanol–water partition coefficient (Wildman–Crippen LogP) is 18.3. The van der Waals surface area contributed by atoms with Crippen LogP contribution in [0.1, 0.15) is 247 Å². The van der Waals surface area contributed by atoms with E-state index in [0.717, 1.165) is 67.1 Å². The van der Waals surface area contributed by atoms with E-state index in [-0.39, 0.29) is 5.78 Å². The van der Waals surface area contributed by atoms with Crippen LogP contribution >= 0.6 is 0 Å². The number of rotatable bonds is 15. The van der Waals surface area contributed by atoms with Crippen LogP contribution in [-0.2, 0) is 9.59 Å². The van der Waals surface area contributed by atoms with Gasteiger partial charge in [-0.3, -0.25) is 9.59 Å². The van der Waals surface area contributed by atoms with Crippen LogP contribution < -0.4 is 10.4 Å². The summed E-state index contributed by atoms with van der Waals surface area (Å²) < 4.78 is 0. The number of fused-ring (bicyclic) bond motifs is 4. The van der Waals surface area contributed by atoms with Crippen molar-refractivity contribution in [3.8, 4) is 23.7 Å². The molecule has 0 spiro atoms. The van der Waals surface area contributed by atoms with Crippen LogP contribution in [-0.4, -0.2) is 11.6 Å². The summed E-state index contributed by atoms with van der Waals surface area (Å²) in [5.74, 6) is 21.1. The van der Waals surface area contributed by atoms with Gasteiger partial charge in [0.25, 0.3) is 0 Å². The van der Waals surface area contributed by atoms with Crippen molar-refractivity contribution >= 4 is 34.0 Å². The first kappa shape index (κ1) is 58.8. The maximum absolute atomic E-state index is 10.8. The van der Waals surface area contributed by atoms with E-state index >= 15 is 0 Å². The van der Waals surface area contributed by atoms with Gasteiger partial charge in [0, 0.05) is 41.0 Å². The number of carbonyl (C=O) groups excluding carboxylic acids is 2. The molecule has 5 aliphatic carbocycles. The van der Waals surface area contributed by atoms with Crippen LogP contribution in [0.25, 0.3) is 22.4 Å². The highest BCUT2D eigenvalue weighted by Gasteiger charge is 2.44. The molecule has 9 rings (SSSR count). The summed E-state index contributed by atoms with van der Waals surface area (Å²) in [5, 5.41) is 5.07. The molecule has 2 fully saturated rings. The number of hydrogen-bond donors (Lipinski definition) is 0.